The second-order valence-electron chi connectivity index (χ2n) is 4.54. The van der Waals surface area contributed by atoms with Crippen LogP contribution in [-0.4, -0.2) is 17.3 Å². The minimum Gasteiger partial charge on any atom is -0.495 e. The Morgan fingerprint density at radius 1 is 1.20 bits per heavy atom. The Morgan fingerprint density at radius 3 is 2.33 bits per heavy atom. The molecule has 0 atom stereocenters. The highest BCUT2D eigenvalue weighted by molar-refractivity contribution is 5.29. The molecule has 0 fully saturated rings. The molecule has 0 aliphatic rings. The average molecular weight is 208 g/mol. The molecule has 3 heteroatoms. The summed E-state index contributed by atoms with van der Waals surface area (Å²) in [5.74, 6) is 1.82. The van der Waals surface area contributed by atoms with E-state index in [1.54, 1.807) is 7.11 Å². The lowest BCUT2D eigenvalue weighted by atomic mass is 10.1. The second kappa shape index (κ2) is 5.10. The van der Waals surface area contributed by atoms with E-state index in [0.29, 0.717) is 11.8 Å². The molecule has 1 rings (SSSR count). The number of aromatic nitrogens is 2. The fourth-order valence-electron chi connectivity index (χ4n) is 1.40. The summed E-state index contributed by atoms with van der Waals surface area (Å²) >= 11 is 0. The van der Waals surface area contributed by atoms with Crippen LogP contribution in [0.3, 0.4) is 0 Å². The number of hydrogen-bond donors (Lipinski definition) is 0. The largest absolute Gasteiger partial charge is 0.495 e. The van der Waals surface area contributed by atoms with E-state index in [-0.39, 0.29) is 0 Å². The van der Waals surface area contributed by atoms with Gasteiger partial charge in [0.2, 0.25) is 0 Å². The fraction of sp³-hybridized carbons (Fsp3) is 0.667. The van der Waals surface area contributed by atoms with Crippen molar-refractivity contribution in [2.45, 2.75) is 40.0 Å². The lowest BCUT2D eigenvalue weighted by molar-refractivity contribution is 0.399. The summed E-state index contributed by atoms with van der Waals surface area (Å²) in [4.78, 5) is 0. The maximum atomic E-state index is 5.33. The van der Waals surface area contributed by atoms with Gasteiger partial charge in [-0.1, -0.05) is 27.7 Å². The number of methoxy groups -OCH3 is 1. The molecule has 1 aromatic heterocycles. The third kappa shape index (κ3) is 3.18. The standard InChI is InChI=1S/C12H20N2O/c1-8(2)6-11-12(15-5)7-10(9(3)4)13-14-11/h7-9H,6H2,1-5H3. The van der Waals surface area contributed by atoms with Crippen LogP contribution < -0.4 is 4.74 Å². The molecule has 0 unspecified atom stereocenters. The summed E-state index contributed by atoms with van der Waals surface area (Å²) in [6.07, 6.45) is 0.911. The molecule has 0 aromatic carbocycles. The Kier molecular flexibility index (Phi) is 4.06. The van der Waals surface area contributed by atoms with E-state index < -0.39 is 0 Å². The summed E-state index contributed by atoms with van der Waals surface area (Å²) in [6.45, 7) is 8.53. The second-order valence-corrected chi connectivity index (χ2v) is 4.54. The highest BCUT2D eigenvalue weighted by Gasteiger charge is 2.11. The minimum absolute atomic E-state index is 0.388. The van der Waals surface area contributed by atoms with E-state index in [1.807, 2.05) is 6.07 Å². The Labute approximate surface area is 91.9 Å². The average Bonchev–Trinajstić information content (AvgIpc) is 2.17. The fourth-order valence-corrected chi connectivity index (χ4v) is 1.40. The van der Waals surface area contributed by atoms with Crippen LogP contribution in [0.25, 0.3) is 0 Å². The van der Waals surface area contributed by atoms with Crippen molar-refractivity contribution in [2.24, 2.45) is 5.92 Å². The summed E-state index contributed by atoms with van der Waals surface area (Å²) in [7, 11) is 1.69. The third-order valence-corrected chi connectivity index (χ3v) is 2.26. The van der Waals surface area contributed by atoms with E-state index in [1.165, 1.54) is 0 Å². The summed E-state index contributed by atoms with van der Waals surface area (Å²) in [5, 5.41) is 8.45. The van der Waals surface area contributed by atoms with Crippen molar-refractivity contribution in [1.82, 2.24) is 10.2 Å². The molecule has 15 heavy (non-hydrogen) atoms. The lowest BCUT2D eigenvalue weighted by Crippen LogP contribution is -2.05. The molecule has 0 aliphatic carbocycles. The number of hydrogen-bond acceptors (Lipinski definition) is 3. The molecule has 1 heterocycles. The molecule has 0 radical (unpaired) electrons. The Morgan fingerprint density at radius 2 is 1.87 bits per heavy atom. The van der Waals surface area contributed by atoms with Gasteiger partial charge in [-0.15, -0.1) is 0 Å². The first kappa shape index (κ1) is 12.0. The van der Waals surface area contributed by atoms with Gasteiger partial charge >= 0.3 is 0 Å². The first-order chi connectivity index (χ1) is 7.04. The smallest absolute Gasteiger partial charge is 0.144 e. The van der Waals surface area contributed by atoms with E-state index in [2.05, 4.69) is 37.9 Å². The van der Waals surface area contributed by atoms with Crippen LogP contribution in [0.2, 0.25) is 0 Å². The molecular formula is C12H20N2O. The van der Waals surface area contributed by atoms with Crippen LogP contribution in [0.15, 0.2) is 6.07 Å². The predicted octanol–water partition coefficient (Wildman–Crippen LogP) is 2.81. The van der Waals surface area contributed by atoms with E-state index in [4.69, 9.17) is 4.74 Å². The number of nitrogens with zero attached hydrogens (tertiary/aromatic N) is 2. The van der Waals surface area contributed by atoms with Crippen LogP contribution in [-0.2, 0) is 6.42 Å². The molecule has 0 bridgehead atoms. The van der Waals surface area contributed by atoms with Crippen molar-refractivity contribution in [3.8, 4) is 5.75 Å². The van der Waals surface area contributed by atoms with Crippen molar-refractivity contribution >= 4 is 0 Å². The molecule has 84 valence electrons. The maximum Gasteiger partial charge on any atom is 0.144 e. The van der Waals surface area contributed by atoms with Gasteiger partial charge < -0.3 is 4.74 Å². The van der Waals surface area contributed by atoms with Crippen molar-refractivity contribution in [2.75, 3.05) is 7.11 Å². The van der Waals surface area contributed by atoms with Gasteiger partial charge in [-0.05, 0) is 18.3 Å². The quantitative estimate of drug-likeness (QED) is 0.763. The van der Waals surface area contributed by atoms with Crippen molar-refractivity contribution in [3.63, 3.8) is 0 Å². The monoisotopic (exact) mass is 208 g/mol. The van der Waals surface area contributed by atoms with Gasteiger partial charge in [0, 0.05) is 6.07 Å². The molecule has 3 nitrogen and oxygen atoms in total. The molecule has 0 N–H and O–H groups in total. The Bertz CT molecular complexity index is 321. The van der Waals surface area contributed by atoms with E-state index in [0.717, 1.165) is 23.6 Å². The van der Waals surface area contributed by atoms with E-state index >= 15 is 0 Å². The van der Waals surface area contributed by atoms with Crippen LogP contribution in [0, 0.1) is 5.92 Å². The first-order valence-corrected chi connectivity index (χ1v) is 5.45. The zero-order valence-electron chi connectivity index (χ0n) is 10.2. The molecule has 0 spiro atoms. The van der Waals surface area contributed by atoms with Crippen LogP contribution in [0.5, 0.6) is 5.75 Å². The summed E-state index contributed by atoms with van der Waals surface area (Å²) in [5.41, 5.74) is 1.94. The van der Waals surface area contributed by atoms with Gasteiger partial charge in [0.05, 0.1) is 12.8 Å². The molecular weight excluding hydrogens is 188 g/mol. The van der Waals surface area contributed by atoms with Crippen LogP contribution in [0.1, 0.15) is 45.0 Å². The predicted molar refractivity (Wildman–Crippen MR) is 61.2 cm³/mol. The first-order valence-electron chi connectivity index (χ1n) is 5.45. The molecule has 0 saturated heterocycles. The highest BCUT2D eigenvalue weighted by atomic mass is 16.5. The number of ether oxygens (including phenoxy) is 1. The van der Waals surface area contributed by atoms with Crippen molar-refractivity contribution in [3.05, 3.63) is 17.5 Å². The van der Waals surface area contributed by atoms with Gasteiger partial charge in [0.15, 0.2) is 0 Å². The van der Waals surface area contributed by atoms with Gasteiger partial charge in [-0.2, -0.15) is 10.2 Å². The van der Waals surface area contributed by atoms with Crippen LogP contribution >= 0.6 is 0 Å². The van der Waals surface area contributed by atoms with Crippen LogP contribution in [0.4, 0.5) is 0 Å². The Hall–Kier alpha value is -1.12. The normalized spacial score (nSPS) is 11.1. The number of rotatable bonds is 4. The summed E-state index contributed by atoms with van der Waals surface area (Å²) < 4.78 is 5.33. The van der Waals surface area contributed by atoms with Crippen molar-refractivity contribution in [1.29, 1.82) is 0 Å². The zero-order valence-corrected chi connectivity index (χ0v) is 10.2. The van der Waals surface area contributed by atoms with E-state index in [9.17, 15) is 0 Å². The zero-order chi connectivity index (χ0) is 11.4. The minimum atomic E-state index is 0.388. The summed E-state index contributed by atoms with van der Waals surface area (Å²) in [6, 6.07) is 2.00. The highest BCUT2D eigenvalue weighted by Crippen LogP contribution is 2.22. The molecule has 0 amide bonds. The third-order valence-electron chi connectivity index (χ3n) is 2.26. The SMILES string of the molecule is COc1cc(C(C)C)nnc1CC(C)C. The topological polar surface area (TPSA) is 35.0 Å². The maximum absolute atomic E-state index is 5.33. The molecule has 1 aromatic rings. The lowest BCUT2D eigenvalue weighted by Gasteiger charge is -2.11. The molecule has 0 aliphatic heterocycles. The van der Waals surface area contributed by atoms with Gasteiger partial charge in [0.1, 0.15) is 11.4 Å². The van der Waals surface area contributed by atoms with Gasteiger partial charge in [0.25, 0.3) is 0 Å². The Balaban J connectivity index is 2.98. The molecule has 0 saturated carbocycles. The van der Waals surface area contributed by atoms with Gasteiger partial charge in [-0.25, -0.2) is 0 Å². The van der Waals surface area contributed by atoms with Gasteiger partial charge in [-0.3, -0.25) is 0 Å². The van der Waals surface area contributed by atoms with Crippen molar-refractivity contribution < 1.29 is 4.74 Å².